The van der Waals surface area contributed by atoms with Crippen molar-refractivity contribution in [3.8, 4) is 0 Å². The van der Waals surface area contributed by atoms with Crippen molar-refractivity contribution in [1.29, 1.82) is 0 Å². The van der Waals surface area contributed by atoms with Crippen LogP contribution in [-0.4, -0.2) is 21.8 Å². The third kappa shape index (κ3) is 5.77. The number of anilines is 1. The Hall–Kier alpha value is -2.50. The summed E-state index contributed by atoms with van der Waals surface area (Å²) in [5, 5.41) is 5.93. The zero-order chi connectivity index (χ0) is 20.9. The van der Waals surface area contributed by atoms with E-state index >= 15 is 0 Å². The number of thiazole rings is 1. The third-order valence-electron chi connectivity index (χ3n) is 5.72. The van der Waals surface area contributed by atoms with Gasteiger partial charge in [0.25, 0.3) is 0 Å². The van der Waals surface area contributed by atoms with Crippen LogP contribution >= 0.6 is 11.3 Å². The number of nitrogens with one attached hydrogen (secondary N) is 1. The Morgan fingerprint density at radius 2 is 1.87 bits per heavy atom. The third-order valence-corrected chi connectivity index (χ3v) is 6.62. The second-order valence-corrected chi connectivity index (χ2v) is 9.23. The first-order valence-electron chi connectivity index (χ1n) is 10.6. The highest BCUT2D eigenvalue weighted by Gasteiger charge is 2.32. The van der Waals surface area contributed by atoms with Crippen molar-refractivity contribution in [2.24, 2.45) is 5.92 Å². The molecule has 4 rings (SSSR count). The molecular weight excluding hydrogens is 390 g/mol. The van der Waals surface area contributed by atoms with Crippen LogP contribution in [0.25, 0.3) is 0 Å². The largest absolute Gasteiger partial charge is 0.326 e. The molecule has 0 bridgehead atoms. The molecule has 2 aromatic carbocycles. The van der Waals surface area contributed by atoms with Gasteiger partial charge in [-0.25, -0.2) is 4.98 Å². The number of carbonyl (C=O) groups is 1. The molecule has 0 spiro atoms. The van der Waals surface area contributed by atoms with Crippen molar-refractivity contribution in [3.63, 3.8) is 0 Å². The van der Waals surface area contributed by atoms with Gasteiger partial charge in [-0.3, -0.25) is 9.69 Å². The highest BCUT2D eigenvalue weighted by molar-refractivity contribution is 7.09. The van der Waals surface area contributed by atoms with Crippen molar-refractivity contribution in [2.45, 2.75) is 52.2 Å². The summed E-state index contributed by atoms with van der Waals surface area (Å²) in [6.45, 7) is 6.12. The lowest BCUT2D eigenvalue weighted by molar-refractivity contribution is -0.115. The Balaban J connectivity index is 1.37. The van der Waals surface area contributed by atoms with Crippen molar-refractivity contribution in [3.05, 3.63) is 81.8 Å². The molecule has 1 fully saturated rings. The zero-order valence-corrected chi connectivity index (χ0v) is 18.5. The number of rotatable bonds is 9. The zero-order valence-electron chi connectivity index (χ0n) is 17.7. The lowest BCUT2D eigenvalue weighted by atomic mass is 10.1. The minimum Gasteiger partial charge on any atom is -0.326 e. The van der Waals surface area contributed by atoms with Crippen LogP contribution < -0.4 is 5.32 Å². The molecule has 1 aliphatic rings. The van der Waals surface area contributed by atoms with Crippen LogP contribution in [0.3, 0.4) is 0 Å². The van der Waals surface area contributed by atoms with E-state index in [-0.39, 0.29) is 5.91 Å². The molecule has 1 aliphatic carbocycles. The highest BCUT2D eigenvalue weighted by Crippen LogP contribution is 2.36. The molecule has 0 saturated heterocycles. The Morgan fingerprint density at radius 1 is 1.13 bits per heavy atom. The molecule has 1 atom stereocenters. The van der Waals surface area contributed by atoms with Crippen LogP contribution in [0.1, 0.15) is 41.6 Å². The van der Waals surface area contributed by atoms with Crippen LogP contribution in [0.2, 0.25) is 0 Å². The van der Waals surface area contributed by atoms with Crippen molar-refractivity contribution >= 4 is 22.9 Å². The van der Waals surface area contributed by atoms with E-state index in [1.807, 2.05) is 31.2 Å². The van der Waals surface area contributed by atoms with E-state index in [9.17, 15) is 4.79 Å². The molecule has 0 radical (unpaired) electrons. The Bertz CT molecular complexity index is 964. The van der Waals surface area contributed by atoms with Gasteiger partial charge in [0, 0.05) is 30.2 Å². The number of hydrogen-bond donors (Lipinski definition) is 1. The van der Waals surface area contributed by atoms with Gasteiger partial charge in [0.05, 0.1) is 12.1 Å². The molecule has 156 valence electrons. The summed E-state index contributed by atoms with van der Waals surface area (Å²) in [7, 11) is 0. The molecule has 1 N–H and O–H groups in total. The van der Waals surface area contributed by atoms with Gasteiger partial charge in [0.1, 0.15) is 5.01 Å². The fraction of sp³-hybridized carbons (Fsp3) is 0.360. The molecule has 1 unspecified atom stereocenters. The minimum absolute atomic E-state index is 0.0211. The highest BCUT2D eigenvalue weighted by atomic mass is 32.1. The van der Waals surface area contributed by atoms with Gasteiger partial charge in [-0.15, -0.1) is 11.3 Å². The van der Waals surface area contributed by atoms with Gasteiger partial charge in [0.15, 0.2) is 0 Å². The molecule has 4 nitrogen and oxygen atoms in total. The molecule has 5 heteroatoms. The number of nitrogens with zero attached hydrogens (tertiary/aromatic N) is 2. The first-order valence-corrected chi connectivity index (χ1v) is 11.5. The van der Waals surface area contributed by atoms with Crippen molar-refractivity contribution in [1.82, 2.24) is 9.88 Å². The maximum atomic E-state index is 12.4. The standard InChI is InChI=1S/C25H29N3OS/c1-18-8-12-22(13-9-18)26-24(29)14-25-27-23(17-30-25)16-28(19(2)21-10-11-21)15-20-6-4-3-5-7-20/h3-9,12-13,17,19,21H,10-11,14-16H2,1-2H3,(H,26,29). The number of aromatic nitrogens is 1. The lowest BCUT2D eigenvalue weighted by Gasteiger charge is -2.28. The predicted molar refractivity (Wildman–Crippen MR) is 124 cm³/mol. The number of benzene rings is 2. The van der Waals surface area contributed by atoms with Crippen molar-refractivity contribution in [2.75, 3.05) is 5.32 Å². The molecule has 3 aromatic rings. The van der Waals surface area contributed by atoms with Crippen LogP contribution in [0.15, 0.2) is 60.0 Å². The Morgan fingerprint density at radius 3 is 2.57 bits per heavy atom. The van der Waals surface area contributed by atoms with E-state index in [0.29, 0.717) is 12.5 Å². The number of hydrogen-bond acceptors (Lipinski definition) is 4. The number of carbonyl (C=O) groups excluding carboxylic acids is 1. The fourth-order valence-corrected chi connectivity index (χ4v) is 4.51. The number of amides is 1. The monoisotopic (exact) mass is 419 g/mol. The van der Waals surface area contributed by atoms with Gasteiger partial charge in [0.2, 0.25) is 5.91 Å². The van der Waals surface area contributed by atoms with Crippen LogP contribution in [0.5, 0.6) is 0 Å². The van der Waals surface area contributed by atoms with Crippen LogP contribution in [0.4, 0.5) is 5.69 Å². The second kappa shape index (κ2) is 9.54. The fourth-order valence-electron chi connectivity index (χ4n) is 3.73. The summed E-state index contributed by atoms with van der Waals surface area (Å²) in [5.41, 5.74) is 4.40. The maximum Gasteiger partial charge on any atom is 0.231 e. The Labute approximate surface area is 183 Å². The molecule has 30 heavy (non-hydrogen) atoms. The quantitative estimate of drug-likeness (QED) is 0.503. The summed E-state index contributed by atoms with van der Waals surface area (Å²) in [5.74, 6) is 0.777. The first-order chi connectivity index (χ1) is 14.6. The summed E-state index contributed by atoms with van der Waals surface area (Å²) >= 11 is 1.58. The van der Waals surface area contributed by atoms with Gasteiger partial charge < -0.3 is 5.32 Å². The van der Waals surface area contributed by atoms with E-state index in [0.717, 1.165) is 35.4 Å². The molecule has 1 heterocycles. The summed E-state index contributed by atoms with van der Waals surface area (Å²) in [4.78, 5) is 19.7. The summed E-state index contributed by atoms with van der Waals surface area (Å²) in [6.07, 6.45) is 2.97. The Kier molecular flexibility index (Phi) is 6.60. The molecule has 1 aromatic heterocycles. The van der Waals surface area contributed by atoms with E-state index in [1.165, 1.54) is 24.0 Å². The van der Waals surface area contributed by atoms with Crippen molar-refractivity contribution < 1.29 is 4.79 Å². The number of aryl methyl sites for hydroxylation is 1. The SMILES string of the molecule is Cc1ccc(NC(=O)Cc2nc(CN(Cc3ccccc3)C(C)C3CC3)cs2)cc1. The maximum absolute atomic E-state index is 12.4. The average Bonchev–Trinajstić information content (AvgIpc) is 3.50. The lowest BCUT2D eigenvalue weighted by Crippen LogP contribution is -2.33. The average molecular weight is 420 g/mol. The summed E-state index contributed by atoms with van der Waals surface area (Å²) in [6, 6.07) is 19.0. The van der Waals surface area contributed by atoms with E-state index < -0.39 is 0 Å². The molecule has 0 aliphatic heterocycles. The molecular formula is C25H29N3OS. The normalized spacial score (nSPS) is 14.6. The second-order valence-electron chi connectivity index (χ2n) is 8.29. The van der Waals surface area contributed by atoms with E-state index in [1.54, 1.807) is 11.3 Å². The van der Waals surface area contributed by atoms with Gasteiger partial charge in [-0.05, 0) is 50.3 Å². The van der Waals surface area contributed by atoms with Crippen LogP contribution in [0, 0.1) is 12.8 Å². The smallest absolute Gasteiger partial charge is 0.231 e. The van der Waals surface area contributed by atoms with E-state index in [2.05, 4.69) is 52.9 Å². The predicted octanol–water partition coefficient (Wildman–Crippen LogP) is 5.43. The van der Waals surface area contributed by atoms with Gasteiger partial charge in [-0.1, -0.05) is 48.0 Å². The molecule has 1 saturated carbocycles. The van der Waals surface area contributed by atoms with Gasteiger partial charge >= 0.3 is 0 Å². The van der Waals surface area contributed by atoms with Gasteiger partial charge in [-0.2, -0.15) is 0 Å². The topological polar surface area (TPSA) is 45.2 Å². The van der Waals surface area contributed by atoms with E-state index in [4.69, 9.17) is 4.98 Å². The minimum atomic E-state index is -0.0211. The molecule has 1 amide bonds. The summed E-state index contributed by atoms with van der Waals surface area (Å²) < 4.78 is 0. The first kappa shape index (κ1) is 20.8. The van der Waals surface area contributed by atoms with Crippen LogP contribution in [-0.2, 0) is 24.3 Å².